The molecule has 0 aliphatic rings. The Morgan fingerprint density at radius 1 is 1.03 bits per heavy atom. The van der Waals surface area contributed by atoms with Gasteiger partial charge in [-0.1, -0.05) is 30.3 Å². The molecule has 0 atom stereocenters. The predicted octanol–water partition coefficient (Wildman–Crippen LogP) is 1.82. The molecule has 0 bridgehead atoms. The third-order valence-electron chi connectivity index (χ3n) is 5.77. The molecule has 13 heteroatoms. The first-order valence-corrected chi connectivity index (χ1v) is 11.4. The minimum Gasteiger partial charge on any atom is -0.493 e. The number of carbonyl (C=O) groups is 2. The van der Waals surface area contributed by atoms with Gasteiger partial charge in [-0.3, -0.25) is 14.6 Å². The lowest BCUT2D eigenvalue weighted by Crippen LogP contribution is -2.28. The Balaban J connectivity index is 1.32. The van der Waals surface area contributed by atoms with Crippen LogP contribution < -0.4 is 16.3 Å². The monoisotopic (exact) mass is 516 g/mol. The van der Waals surface area contributed by atoms with Crippen molar-refractivity contribution in [1.29, 1.82) is 0 Å². The van der Waals surface area contributed by atoms with Gasteiger partial charge in [0, 0.05) is 24.7 Å². The largest absolute Gasteiger partial charge is 0.493 e. The van der Waals surface area contributed by atoms with E-state index in [0.717, 1.165) is 0 Å². The molecule has 38 heavy (non-hydrogen) atoms. The summed E-state index contributed by atoms with van der Waals surface area (Å²) in [6.07, 6.45) is 1.22. The van der Waals surface area contributed by atoms with Crippen molar-refractivity contribution in [2.45, 2.75) is 20.0 Å². The van der Waals surface area contributed by atoms with Crippen LogP contribution in [0.25, 0.3) is 17.0 Å². The molecule has 3 aromatic heterocycles. The Labute approximate surface area is 213 Å². The average molecular weight is 516 g/mol. The highest BCUT2D eigenvalue weighted by Gasteiger charge is 2.18. The number of fused-ring (bicyclic) bond motifs is 1. The average Bonchev–Trinajstić information content (AvgIpc) is 3.52. The van der Waals surface area contributed by atoms with Crippen molar-refractivity contribution in [1.82, 2.24) is 40.2 Å². The summed E-state index contributed by atoms with van der Waals surface area (Å²) < 4.78 is 14.7. The van der Waals surface area contributed by atoms with Gasteiger partial charge in [-0.15, -0.1) is 0 Å². The number of nitrogens with one attached hydrogen (secondary N) is 4. The molecule has 5 N–H and O–H groups in total. The summed E-state index contributed by atoms with van der Waals surface area (Å²) in [5.41, 5.74) is 2.09. The van der Waals surface area contributed by atoms with Gasteiger partial charge in [0.15, 0.2) is 0 Å². The molecule has 12 nitrogen and oxygen atoms in total. The lowest BCUT2D eigenvalue weighted by atomic mass is 10.1. The van der Waals surface area contributed by atoms with E-state index in [2.05, 4.69) is 35.7 Å². The maximum Gasteiger partial charge on any atom is 0.326 e. The Kier molecular flexibility index (Phi) is 6.39. The molecular weight excluding hydrogens is 495 g/mol. The van der Waals surface area contributed by atoms with E-state index in [-0.39, 0.29) is 47.6 Å². The zero-order valence-electron chi connectivity index (χ0n) is 19.9. The number of rotatable bonds is 7. The van der Waals surface area contributed by atoms with Crippen LogP contribution in [-0.2, 0) is 13.1 Å². The van der Waals surface area contributed by atoms with Gasteiger partial charge >= 0.3 is 5.69 Å². The van der Waals surface area contributed by atoms with Crippen LogP contribution in [0.1, 0.15) is 37.7 Å². The summed E-state index contributed by atoms with van der Waals surface area (Å²) in [6, 6.07) is 12.7. The van der Waals surface area contributed by atoms with Crippen molar-refractivity contribution in [3.05, 3.63) is 99.2 Å². The second-order valence-corrected chi connectivity index (χ2v) is 8.45. The first-order valence-electron chi connectivity index (χ1n) is 11.4. The number of hydrogen-bond acceptors (Lipinski definition) is 7. The van der Waals surface area contributed by atoms with Crippen LogP contribution in [0, 0.1) is 12.7 Å². The Bertz CT molecular complexity index is 1740. The fourth-order valence-electron chi connectivity index (χ4n) is 3.87. The van der Waals surface area contributed by atoms with Gasteiger partial charge in [0.1, 0.15) is 29.2 Å². The number of carbonyl (C=O) groups excluding carboxylic acids is 2. The van der Waals surface area contributed by atoms with Crippen LogP contribution in [0.5, 0.6) is 5.88 Å². The molecule has 192 valence electrons. The summed E-state index contributed by atoms with van der Waals surface area (Å²) in [5, 5.41) is 19.4. The van der Waals surface area contributed by atoms with Crippen LogP contribution in [-0.4, -0.2) is 46.5 Å². The number of amides is 2. The number of aryl methyl sites for hydroxylation is 1. The maximum atomic E-state index is 13.5. The third-order valence-corrected chi connectivity index (χ3v) is 5.77. The molecule has 2 aromatic carbocycles. The molecule has 0 saturated heterocycles. The molecule has 0 aliphatic carbocycles. The summed E-state index contributed by atoms with van der Waals surface area (Å²) >= 11 is 0. The van der Waals surface area contributed by atoms with Crippen LogP contribution in [0.3, 0.4) is 0 Å². The zero-order chi connectivity index (χ0) is 26.8. The maximum absolute atomic E-state index is 13.5. The Morgan fingerprint density at radius 3 is 2.53 bits per heavy atom. The standard InChI is InChI=1S/C25H21FN8O4/c1-13-7-15(5-6-17(13)26)11-27-21(35)18-9-19(34-24(31-18)29-12-30-34)22(36)28-10-14-3-2-4-16(8-14)20-23(37)33-25(38)32-20/h2-9,12,37H,10-11H2,1H3,(H,27,35)(H,28,36)(H2,32,33,38). The van der Waals surface area contributed by atoms with Gasteiger partial charge in [0.2, 0.25) is 5.88 Å². The summed E-state index contributed by atoms with van der Waals surface area (Å²) in [7, 11) is 0. The molecule has 0 saturated carbocycles. The van der Waals surface area contributed by atoms with Crippen molar-refractivity contribution >= 4 is 17.6 Å². The van der Waals surface area contributed by atoms with Crippen LogP contribution in [0.4, 0.5) is 4.39 Å². The van der Waals surface area contributed by atoms with E-state index in [4.69, 9.17) is 0 Å². The first-order chi connectivity index (χ1) is 18.3. The fourth-order valence-corrected chi connectivity index (χ4v) is 3.87. The fraction of sp³-hybridized carbons (Fsp3) is 0.120. The van der Waals surface area contributed by atoms with E-state index in [0.29, 0.717) is 22.3 Å². The van der Waals surface area contributed by atoms with Crippen molar-refractivity contribution in [3.63, 3.8) is 0 Å². The SMILES string of the molecule is Cc1cc(CNC(=O)c2cc(C(=O)NCc3cccc(-c4[nH]c(=O)[nH]c4O)c3)n3ncnc3n2)ccc1F. The summed E-state index contributed by atoms with van der Waals surface area (Å²) in [5.74, 6) is -1.64. The second-order valence-electron chi connectivity index (χ2n) is 8.45. The van der Waals surface area contributed by atoms with E-state index in [1.165, 1.54) is 23.0 Å². The van der Waals surface area contributed by atoms with Crippen molar-refractivity contribution < 1.29 is 19.1 Å². The highest BCUT2D eigenvalue weighted by molar-refractivity contribution is 5.98. The number of aromatic nitrogens is 6. The van der Waals surface area contributed by atoms with E-state index in [1.54, 1.807) is 43.3 Å². The van der Waals surface area contributed by atoms with Gasteiger partial charge in [-0.2, -0.15) is 14.6 Å². The molecule has 2 amide bonds. The topological polar surface area (TPSA) is 170 Å². The third kappa shape index (κ3) is 4.97. The highest BCUT2D eigenvalue weighted by Crippen LogP contribution is 2.24. The number of nitrogens with zero attached hydrogens (tertiary/aromatic N) is 4. The van der Waals surface area contributed by atoms with E-state index >= 15 is 0 Å². The Hall–Kier alpha value is -5.33. The molecule has 5 aromatic rings. The van der Waals surface area contributed by atoms with E-state index in [9.17, 15) is 23.9 Å². The van der Waals surface area contributed by atoms with Crippen molar-refractivity contribution in [2.75, 3.05) is 0 Å². The van der Waals surface area contributed by atoms with Crippen molar-refractivity contribution in [3.8, 4) is 17.1 Å². The lowest BCUT2D eigenvalue weighted by Gasteiger charge is -2.10. The number of imidazole rings is 1. The van der Waals surface area contributed by atoms with E-state index in [1.807, 2.05) is 0 Å². The molecule has 0 spiro atoms. The number of hydrogen-bond donors (Lipinski definition) is 5. The molecule has 0 radical (unpaired) electrons. The second kappa shape index (κ2) is 9.97. The number of H-pyrrole nitrogens is 2. The van der Waals surface area contributed by atoms with Crippen LogP contribution >= 0.6 is 0 Å². The first kappa shape index (κ1) is 24.4. The zero-order valence-corrected chi connectivity index (χ0v) is 19.9. The molecule has 5 rings (SSSR count). The molecule has 0 unspecified atom stereocenters. The van der Waals surface area contributed by atoms with Crippen molar-refractivity contribution in [2.24, 2.45) is 0 Å². The Morgan fingerprint density at radius 2 is 1.79 bits per heavy atom. The van der Waals surface area contributed by atoms with Gasteiger partial charge in [0.05, 0.1) is 0 Å². The van der Waals surface area contributed by atoms with Crippen LogP contribution in [0.15, 0.2) is 59.7 Å². The smallest absolute Gasteiger partial charge is 0.326 e. The van der Waals surface area contributed by atoms with Crippen LogP contribution in [0.2, 0.25) is 0 Å². The number of aromatic amines is 2. The van der Waals surface area contributed by atoms with E-state index < -0.39 is 17.5 Å². The molecule has 0 fully saturated rings. The molecule has 3 heterocycles. The summed E-state index contributed by atoms with van der Waals surface area (Å²) in [4.78, 5) is 50.3. The number of aromatic hydroxyl groups is 1. The van der Waals surface area contributed by atoms with Gasteiger partial charge in [0.25, 0.3) is 17.6 Å². The minimum absolute atomic E-state index is 0.0385. The predicted molar refractivity (Wildman–Crippen MR) is 133 cm³/mol. The lowest BCUT2D eigenvalue weighted by molar-refractivity contribution is 0.0942. The normalized spacial score (nSPS) is 11.0. The van der Waals surface area contributed by atoms with Gasteiger partial charge < -0.3 is 20.7 Å². The minimum atomic E-state index is -0.543. The molecular formula is C25H21FN8O4. The number of benzene rings is 2. The summed E-state index contributed by atoms with van der Waals surface area (Å²) in [6.45, 7) is 1.87. The van der Waals surface area contributed by atoms with Gasteiger partial charge in [-0.05, 0) is 35.7 Å². The van der Waals surface area contributed by atoms with Gasteiger partial charge in [-0.25, -0.2) is 14.2 Å². The quantitative estimate of drug-likeness (QED) is 0.220. The number of halogens is 1. The highest BCUT2D eigenvalue weighted by atomic mass is 19.1. The molecule has 0 aliphatic heterocycles.